The van der Waals surface area contributed by atoms with Gasteiger partial charge < -0.3 is 10.6 Å². The molecule has 1 aromatic carbocycles. The molecule has 0 unspecified atom stereocenters. The molecule has 0 aliphatic carbocycles. The van der Waals surface area contributed by atoms with Crippen LogP contribution < -0.4 is 10.6 Å². The molecule has 2 N–H and O–H groups in total. The highest BCUT2D eigenvalue weighted by Gasteiger charge is 2.15. The first-order valence-corrected chi connectivity index (χ1v) is 9.31. The van der Waals surface area contributed by atoms with Crippen LogP contribution in [-0.4, -0.2) is 37.5 Å². The minimum atomic E-state index is 0. The normalized spacial score (nSPS) is 16.6. The first-order valence-electron chi connectivity index (χ1n) is 9.31. The fourth-order valence-electron chi connectivity index (χ4n) is 2.95. The number of nitrogens with one attached hydrogen (secondary N) is 2. The van der Waals surface area contributed by atoms with Crippen LogP contribution in [0.25, 0.3) is 0 Å². The van der Waals surface area contributed by atoms with E-state index in [1.165, 1.54) is 37.1 Å². The monoisotopic (exact) mass is 458 g/mol. The Morgan fingerprint density at radius 2 is 1.72 bits per heavy atom. The SMILES string of the molecule is CN=C(NCc1ccc(CN2CCC(C)CC2)cc1)NCC(C)C.I. The van der Waals surface area contributed by atoms with Gasteiger partial charge >= 0.3 is 0 Å². The molecule has 2 rings (SSSR count). The highest BCUT2D eigenvalue weighted by Crippen LogP contribution is 2.18. The third kappa shape index (κ3) is 8.40. The second kappa shape index (κ2) is 11.7. The highest BCUT2D eigenvalue weighted by molar-refractivity contribution is 14.0. The van der Waals surface area contributed by atoms with Crippen molar-refractivity contribution in [3.63, 3.8) is 0 Å². The van der Waals surface area contributed by atoms with Crippen LogP contribution in [0.1, 0.15) is 44.7 Å². The maximum Gasteiger partial charge on any atom is 0.191 e. The van der Waals surface area contributed by atoms with Gasteiger partial charge in [-0.25, -0.2) is 0 Å². The van der Waals surface area contributed by atoms with Gasteiger partial charge in [0.1, 0.15) is 0 Å². The van der Waals surface area contributed by atoms with Crippen molar-refractivity contribution in [2.75, 3.05) is 26.7 Å². The molecule has 0 radical (unpaired) electrons. The predicted octanol–water partition coefficient (Wildman–Crippen LogP) is 3.86. The van der Waals surface area contributed by atoms with Gasteiger partial charge in [-0.05, 0) is 48.9 Å². The van der Waals surface area contributed by atoms with Crippen LogP contribution in [0, 0.1) is 11.8 Å². The molecule has 1 fully saturated rings. The van der Waals surface area contributed by atoms with Gasteiger partial charge in [-0.1, -0.05) is 45.0 Å². The van der Waals surface area contributed by atoms with E-state index in [4.69, 9.17) is 0 Å². The molecule has 1 heterocycles. The van der Waals surface area contributed by atoms with Crippen molar-refractivity contribution in [2.24, 2.45) is 16.8 Å². The molecule has 0 spiro atoms. The van der Waals surface area contributed by atoms with Crippen LogP contribution in [0.4, 0.5) is 0 Å². The lowest BCUT2D eigenvalue weighted by atomic mass is 9.99. The lowest BCUT2D eigenvalue weighted by Crippen LogP contribution is -2.38. The van der Waals surface area contributed by atoms with Crippen molar-refractivity contribution >= 4 is 29.9 Å². The summed E-state index contributed by atoms with van der Waals surface area (Å²) in [5, 5.41) is 6.72. The summed E-state index contributed by atoms with van der Waals surface area (Å²) >= 11 is 0. The van der Waals surface area contributed by atoms with Crippen molar-refractivity contribution in [1.29, 1.82) is 0 Å². The number of hydrogen-bond donors (Lipinski definition) is 2. The maximum atomic E-state index is 4.26. The summed E-state index contributed by atoms with van der Waals surface area (Å²) in [4.78, 5) is 6.84. The average Bonchev–Trinajstić information content (AvgIpc) is 2.58. The summed E-state index contributed by atoms with van der Waals surface area (Å²) in [5.74, 6) is 2.38. The highest BCUT2D eigenvalue weighted by atomic mass is 127. The molecule has 0 bridgehead atoms. The molecule has 4 nitrogen and oxygen atoms in total. The molecule has 1 saturated heterocycles. The molecule has 1 aromatic rings. The summed E-state index contributed by atoms with van der Waals surface area (Å²) in [6.07, 6.45) is 2.68. The number of halogens is 1. The number of guanidine groups is 1. The molecule has 142 valence electrons. The van der Waals surface area contributed by atoms with Crippen molar-refractivity contribution in [1.82, 2.24) is 15.5 Å². The Hall–Kier alpha value is -0.820. The largest absolute Gasteiger partial charge is 0.356 e. The molecule has 0 atom stereocenters. The first kappa shape index (κ1) is 22.2. The molecule has 0 aromatic heterocycles. The van der Waals surface area contributed by atoms with Gasteiger partial charge in [0.15, 0.2) is 5.96 Å². The zero-order valence-corrected chi connectivity index (χ0v) is 18.5. The number of likely N-dealkylation sites (tertiary alicyclic amines) is 1. The number of rotatable bonds is 6. The molecular weight excluding hydrogens is 423 g/mol. The van der Waals surface area contributed by atoms with Crippen molar-refractivity contribution in [3.8, 4) is 0 Å². The molecule has 0 saturated carbocycles. The van der Waals surface area contributed by atoms with Gasteiger partial charge in [0.2, 0.25) is 0 Å². The number of hydrogen-bond acceptors (Lipinski definition) is 2. The van der Waals surface area contributed by atoms with Crippen molar-refractivity contribution < 1.29 is 0 Å². The minimum absolute atomic E-state index is 0. The Labute approximate surface area is 170 Å². The molecule has 1 aliphatic heterocycles. The fourth-order valence-corrected chi connectivity index (χ4v) is 2.95. The van der Waals surface area contributed by atoms with E-state index in [0.29, 0.717) is 5.92 Å². The fraction of sp³-hybridized carbons (Fsp3) is 0.650. The zero-order valence-electron chi connectivity index (χ0n) is 16.2. The summed E-state index contributed by atoms with van der Waals surface area (Å²) in [6.45, 7) is 12.1. The van der Waals surface area contributed by atoms with Crippen LogP contribution in [0.5, 0.6) is 0 Å². The quantitative estimate of drug-likeness (QED) is 0.387. The third-order valence-corrected chi connectivity index (χ3v) is 4.67. The predicted molar refractivity (Wildman–Crippen MR) is 119 cm³/mol. The van der Waals surface area contributed by atoms with Crippen LogP contribution in [-0.2, 0) is 13.1 Å². The van der Waals surface area contributed by atoms with Crippen LogP contribution in [0.15, 0.2) is 29.3 Å². The van der Waals surface area contributed by atoms with Crippen LogP contribution in [0.2, 0.25) is 0 Å². The van der Waals surface area contributed by atoms with E-state index >= 15 is 0 Å². The maximum absolute atomic E-state index is 4.26. The van der Waals surface area contributed by atoms with E-state index in [9.17, 15) is 0 Å². The van der Waals surface area contributed by atoms with Crippen molar-refractivity contribution in [2.45, 2.75) is 46.7 Å². The smallest absolute Gasteiger partial charge is 0.191 e. The van der Waals surface area contributed by atoms with Crippen molar-refractivity contribution in [3.05, 3.63) is 35.4 Å². The molecule has 0 amide bonds. The Morgan fingerprint density at radius 3 is 2.28 bits per heavy atom. The van der Waals surface area contributed by atoms with Gasteiger partial charge in [-0.3, -0.25) is 9.89 Å². The van der Waals surface area contributed by atoms with E-state index < -0.39 is 0 Å². The second-order valence-corrected chi connectivity index (χ2v) is 7.48. The average molecular weight is 458 g/mol. The molecule has 5 heteroatoms. The lowest BCUT2D eigenvalue weighted by Gasteiger charge is -2.30. The second-order valence-electron chi connectivity index (χ2n) is 7.48. The summed E-state index contributed by atoms with van der Waals surface area (Å²) < 4.78 is 0. The van der Waals surface area contributed by atoms with Crippen LogP contribution >= 0.6 is 24.0 Å². The number of nitrogens with zero attached hydrogens (tertiary/aromatic N) is 2. The van der Waals surface area contributed by atoms with Gasteiger partial charge in [0.25, 0.3) is 0 Å². The Morgan fingerprint density at radius 1 is 1.12 bits per heavy atom. The standard InChI is InChI=1S/C20H34N4.HI/c1-16(2)13-22-20(21-4)23-14-18-5-7-19(8-6-18)15-24-11-9-17(3)10-12-24;/h5-8,16-17H,9-15H2,1-4H3,(H2,21,22,23);1H. The third-order valence-electron chi connectivity index (χ3n) is 4.67. The van der Waals surface area contributed by atoms with E-state index in [-0.39, 0.29) is 24.0 Å². The van der Waals surface area contributed by atoms with E-state index in [1.54, 1.807) is 0 Å². The summed E-state index contributed by atoms with van der Waals surface area (Å²) in [7, 11) is 1.82. The number of piperidine rings is 1. The van der Waals surface area contributed by atoms with E-state index in [2.05, 4.69) is 65.6 Å². The number of benzene rings is 1. The van der Waals surface area contributed by atoms with Gasteiger partial charge in [0, 0.05) is 26.7 Å². The minimum Gasteiger partial charge on any atom is -0.356 e. The Bertz CT molecular complexity index is 505. The summed E-state index contributed by atoms with van der Waals surface area (Å²) in [6, 6.07) is 8.98. The Kier molecular flexibility index (Phi) is 10.4. The van der Waals surface area contributed by atoms with E-state index in [1.807, 2.05) is 7.05 Å². The Balaban J connectivity index is 0.00000312. The molecular formula is C20H35IN4. The van der Waals surface area contributed by atoms with Gasteiger partial charge in [-0.2, -0.15) is 0 Å². The van der Waals surface area contributed by atoms with Crippen LogP contribution in [0.3, 0.4) is 0 Å². The van der Waals surface area contributed by atoms with Gasteiger partial charge in [0.05, 0.1) is 0 Å². The van der Waals surface area contributed by atoms with Gasteiger partial charge in [-0.15, -0.1) is 24.0 Å². The number of aliphatic imine (C=N–C) groups is 1. The first-order chi connectivity index (χ1) is 11.6. The topological polar surface area (TPSA) is 39.7 Å². The molecule has 25 heavy (non-hydrogen) atoms. The molecule has 1 aliphatic rings. The van der Waals surface area contributed by atoms with E-state index in [0.717, 1.165) is 31.5 Å². The summed E-state index contributed by atoms with van der Waals surface area (Å²) in [5.41, 5.74) is 2.70. The zero-order chi connectivity index (χ0) is 17.4. The lowest BCUT2D eigenvalue weighted by molar-refractivity contribution is 0.185.